The van der Waals surface area contributed by atoms with Gasteiger partial charge in [0.05, 0.1) is 12.6 Å². The van der Waals surface area contributed by atoms with Crippen molar-refractivity contribution in [2.45, 2.75) is 58.0 Å². The summed E-state index contributed by atoms with van der Waals surface area (Å²) in [4.78, 5) is 9.28. The van der Waals surface area contributed by atoms with Gasteiger partial charge in [0.25, 0.3) is 0 Å². The van der Waals surface area contributed by atoms with Crippen molar-refractivity contribution in [3.63, 3.8) is 0 Å². The minimum Gasteiger partial charge on any atom is -0.424 e. The van der Waals surface area contributed by atoms with Crippen molar-refractivity contribution < 1.29 is 8.94 Å². The van der Waals surface area contributed by atoms with Crippen LogP contribution in [0.25, 0.3) is 0 Å². The molecule has 1 aliphatic carbocycles. The molecule has 2 aromatic rings. The van der Waals surface area contributed by atoms with E-state index in [4.69, 9.17) is 8.94 Å². The molecular weight excluding hydrogens is 320 g/mol. The fourth-order valence-electron chi connectivity index (χ4n) is 3.13. The zero-order valence-corrected chi connectivity index (χ0v) is 15.2. The van der Waals surface area contributed by atoms with Crippen molar-refractivity contribution in [2.24, 2.45) is 0 Å². The quantitative estimate of drug-likeness (QED) is 0.788. The Morgan fingerprint density at radius 1 is 1.08 bits per heavy atom. The number of rotatable bonds is 6. The van der Waals surface area contributed by atoms with Gasteiger partial charge in [-0.2, -0.15) is 4.98 Å². The molecule has 4 rings (SSSR count). The van der Waals surface area contributed by atoms with Crippen LogP contribution in [0.3, 0.4) is 0 Å². The Kier molecular flexibility index (Phi) is 4.56. The van der Waals surface area contributed by atoms with E-state index >= 15 is 0 Å². The van der Waals surface area contributed by atoms with Crippen LogP contribution in [-0.4, -0.2) is 56.3 Å². The maximum atomic E-state index is 5.77. The third-order valence-electron chi connectivity index (χ3n) is 5.05. The Morgan fingerprint density at radius 3 is 2.48 bits per heavy atom. The van der Waals surface area contributed by atoms with E-state index in [1.54, 1.807) is 0 Å². The highest BCUT2D eigenvalue weighted by atomic mass is 16.5. The molecule has 0 amide bonds. The first-order chi connectivity index (χ1) is 12.1. The van der Waals surface area contributed by atoms with Gasteiger partial charge in [0, 0.05) is 38.0 Å². The summed E-state index contributed by atoms with van der Waals surface area (Å²) in [6.45, 7) is 10.9. The molecule has 0 radical (unpaired) electrons. The molecule has 136 valence electrons. The summed E-state index contributed by atoms with van der Waals surface area (Å²) in [5, 5.41) is 12.4. The van der Waals surface area contributed by atoms with Gasteiger partial charge in [0.1, 0.15) is 0 Å². The van der Waals surface area contributed by atoms with Crippen molar-refractivity contribution in [3.8, 4) is 0 Å². The second-order valence-corrected chi connectivity index (χ2v) is 7.44. The van der Waals surface area contributed by atoms with E-state index < -0.39 is 0 Å². The van der Waals surface area contributed by atoms with E-state index in [2.05, 4.69) is 50.9 Å². The van der Waals surface area contributed by atoms with Crippen molar-refractivity contribution in [1.29, 1.82) is 0 Å². The third kappa shape index (κ3) is 3.74. The van der Waals surface area contributed by atoms with Crippen LogP contribution < -0.4 is 0 Å². The molecule has 0 unspecified atom stereocenters. The predicted molar refractivity (Wildman–Crippen MR) is 89.9 cm³/mol. The minimum absolute atomic E-state index is 0.145. The molecule has 1 saturated carbocycles. The van der Waals surface area contributed by atoms with E-state index in [0.29, 0.717) is 11.8 Å². The minimum atomic E-state index is 0.145. The first-order valence-electron chi connectivity index (χ1n) is 9.22. The summed E-state index contributed by atoms with van der Waals surface area (Å²) in [5.74, 6) is 3.86. The summed E-state index contributed by atoms with van der Waals surface area (Å²) >= 11 is 0. The van der Waals surface area contributed by atoms with Crippen LogP contribution in [0.15, 0.2) is 8.94 Å². The van der Waals surface area contributed by atoms with Gasteiger partial charge in [-0.1, -0.05) is 19.0 Å². The van der Waals surface area contributed by atoms with Gasteiger partial charge in [-0.15, -0.1) is 10.2 Å². The molecule has 0 bridgehead atoms. The van der Waals surface area contributed by atoms with Crippen LogP contribution in [0.2, 0.25) is 0 Å². The van der Waals surface area contributed by atoms with E-state index in [1.807, 2.05) is 0 Å². The largest absolute Gasteiger partial charge is 0.424 e. The second-order valence-electron chi connectivity index (χ2n) is 7.44. The molecule has 8 nitrogen and oxygen atoms in total. The summed E-state index contributed by atoms with van der Waals surface area (Å²) in [6.07, 6.45) is 2.37. The van der Waals surface area contributed by atoms with Crippen LogP contribution in [-0.2, 0) is 6.54 Å². The molecule has 2 aliphatic rings. The Labute approximate surface area is 147 Å². The Bertz CT molecular complexity index is 700. The van der Waals surface area contributed by atoms with Crippen LogP contribution >= 0.6 is 0 Å². The lowest BCUT2D eigenvalue weighted by Gasteiger charge is -2.36. The van der Waals surface area contributed by atoms with Crippen LogP contribution in [0.5, 0.6) is 0 Å². The number of nitrogens with zero attached hydrogens (tertiary/aromatic N) is 6. The topological polar surface area (TPSA) is 84.3 Å². The highest BCUT2D eigenvalue weighted by Gasteiger charge is 2.30. The average Bonchev–Trinajstić information content (AvgIpc) is 3.15. The average molecular weight is 346 g/mol. The van der Waals surface area contributed by atoms with E-state index in [0.717, 1.165) is 50.3 Å². The number of aromatic nitrogens is 4. The smallest absolute Gasteiger partial charge is 0.243 e. The maximum Gasteiger partial charge on any atom is 0.243 e. The SMILES string of the molecule is CC(C)c1noc([C@H](C)N2CCN(Cc3nnc(C4CC4)o3)CC2)n1. The van der Waals surface area contributed by atoms with Gasteiger partial charge >= 0.3 is 0 Å². The van der Waals surface area contributed by atoms with Crippen molar-refractivity contribution in [1.82, 2.24) is 30.1 Å². The van der Waals surface area contributed by atoms with Crippen molar-refractivity contribution in [3.05, 3.63) is 23.5 Å². The Morgan fingerprint density at radius 2 is 1.84 bits per heavy atom. The zero-order chi connectivity index (χ0) is 17.4. The highest BCUT2D eigenvalue weighted by Crippen LogP contribution is 2.39. The molecule has 2 aromatic heterocycles. The van der Waals surface area contributed by atoms with Crippen LogP contribution in [0.1, 0.15) is 75.0 Å². The fourth-order valence-corrected chi connectivity index (χ4v) is 3.13. The van der Waals surface area contributed by atoms with Crippen molar-refractivity contribution in [2.75, 3.05) is 26.2 Å². The predicted octanol–water partition coefficient (Wildman–Crippen LogP) is 2.33. The lowest BCUT2D eigenvalue weighted by molar-refractivity contribution is 0.0795. The molecular formula is C17H26N6O2. The zero-order valence-electron chi connectivity index (χ0n) is 15.2. The van der Waals surface area contributed by atoms with E-state index in [1.165, 1.54) is 12.8 Å². The van der Waals surface area contributed by atoms with Crippen LogP contribution in [0, 0.1) is 0 Å². The van der Waals surface area contributed by atoms with Crippen LogP contribution in [0.4, 0.5) is 0 Å². The lowest BCUT2D eigenvalue weighted by atomic mass is 10.2. The van der Waals surface area contributed by atoms with Gasteiger partial charge in [-0.3, -0.25) is 9.80 Å². The molecule has 8 heteroatoms. The first-order valence-corrected chi connectivity index (χ1v) is 9.22. The summed E-state index contributed by atoms with van der Waals surface area (Å²) in [7, 11) is 0. The monoisotopic (exact) mass is 346 g/mol. The van der Waals surface area contributed by atoms with Gasteiger partial charge in [0.2, 0.25) is 17.7 Å². The molecule has 1 saturated heterocycles. The fraction of sp³-hybridized carbons (Fsp3) is 0.765. The second kappa shape index (κ2) is 6.84. The molecule has 0 spiro atoms. The summed E-state index contributed by atoms with van der Waals surface area (Å²) in [6, 6.07) is 0.145. The third-order valence-corrected chi connectivity index (χ3v) is 5.05. The highest BCUT2D eigenvalue weighted by molar-refractivity contribution is 5.00. The molecule has 0 N–H and O–H groups in total. The van der Waals surface area contributed by atoms with Gasteiger partial charge in [-0.25, -0.2) is 0 Å². The van der Waals surface area contributed by atoms with E-state index in [9.17, 15) is 0 Å². The Balaban J connectivity index is 1.29. The van der Waals surface area contributed by atoms with E-state index in [-0.39, 0.29) is 12.0 Å². The summed E-state index contributed by atoms with van der Waals surface area (Å²) < 4.78 is 11.2. The lowest BCUT2D eigenvalue weighted by Crippen LogP contribution is -2.46. The molecule has 25 heavy (non-hydrogen) atoms. The molecule has 2 fully saturated rings. The van der Waals surface area contributed by atoms with Gasteiger partial charge in [0.15, 0.2) is 5.82 Å². The first kappa shape index (κ1) is 16.7. The number of piperazine rings is 1. The van der Waals surface area contributed by atoms with Crippen molar-refractivity contribution >= 4 is 0 Å². The standard InChI is InChI=1S/C17H26N6O2/c1-11(2)15-18-16(25-21-15)12(3)23-8-6-22(7-9-23)10-14-19-20-17(24-14)13-4-5-13/h11-13H,4-10H2,1-3H3/t12-/m0/s1. The number of hydrogen-bond acceptors (Lipinski definition) is 8. The molecule has 3 heterocycles. The molecule has 0 aromatic carbocycles. The molecule has 1 atom stereocenters. The van der Waals surface area contributed by atoms with Gasteiger partial charge < -0.3 is 8.94 Å². The van der Waals surface area contributed by atoms with Gasteiger partial charge in [-0.05, 0) is 19.8 Å². The normalized spacial score (nSPS) is 21.1. The summed E-state index contributed by atoms with van der Waals surface area (Å²) in [5.41, 5.74) is 0. The number of hydrogen-bond donors (Lipinski definition) is 0. The molecule has 1 aliphatic heterocycles. The maximum absolute atomic E-state index is 5.77. The Hall–Kier alpha value is -1.80.